The van der Waals surface area contributed by atoms with Crippen LogP contribution in [0.25, 0.3) is 0 Å². The molecule has 111 heavy (non-hydrogen) atoms. The third-order valence-corrected chi connectivity index (χ3v) is 21.5. The molecule has 0 spiro atoms. The Labute approximate surface area is 685 Å². The molecular formula is C99H182O12. The molecule has 7 aliphatic carbocycles. The van der Waals surface area contributed by atoms with Crippen molar-refractivity contribution in [2.75, 3.05) is 39.6 Å². The van der Waals surface area contributed by atoms with Gasteiger partial charge in [-0.05, 0) is 199 Å². The Morgan fingerprint density at radius 3 is 0.793 bits per heavy atom. The first kappa shape index (κ1) is 105. The number of ketones is 6. The summed E-state index contributed by atoms with van der Waals surface area (Å²) < 4.78 is 35.7. The predicted molar refractivity (Wildman–Crippen MR) is 465 cm³/mol. The molecule has 7 rings (SSSR count). The lowest BCUT2D eigenvalue weighted by Crippen LogP contribution is -2.39. The van der Waals surface area contributed by atoms with Crippen molar-refractivity contribution < 1.29 is 57.2 Å². The number of hydrogen-bond acceptors (Lipinski definition) is 12. The van der Waals surface area contributed by atoms with Crippen LogP contribution in [0.1, 0.15) is 413 Å². The van der Waals surface area contributed by atoms with E-state index < -0.39 is 0 Å². The molecular weight excluding hydrogens is 1380 g/mol. The van der Waals surface area contributed by atoms with Crippen LogP contribution in [0.2, 0.25) is 0 Å². The lowest BCUT2D eigenvalue weighted by molar-refractivity contribution is -0.140. The van der Waals surface area contributed by atoms with Crippen molar-refractivity contribution in [1.82, 2.24) is 0 Å². The molecule has 650 valence electrons. The second kappa shape index (κ2) is 48.5. The highest BCUT2D eigenvalue weighted by molar-refractivity contribution is 5.86. The average molecular weight is 1560 g/mol. The van der Waals surface area contributed by atoms with Gasteiger partial charge >= 0.3 is 0 Å². The number of carbonyl (C=O) groups excluding carboxylic acids is 6. The largest absolute Gasteiger partial charge is 0.370 e. The summed E-state index contributed by atoms with van der Waals surface area (Å²) in [5, 5.41) is 0. The maximum Gasteiger partial charge on any atom is 0.162 e. The minimum Gasteiger partial charge on any atom is -0.370 e. The molecule has 12 heteroatoms. The molecule has 6 unspecified atom stereocenters. The highest BCUT2D eigenvalue weighted by atomic mass is 16.5. The van der Waals surface area contributed by atoms with Gasteiger partial charge in [0.25, 0.3) is 0 Å². The first-order chi connectivity index (χ1) is 50.7. The Bertz CT molecular complexity index is 2640. The zero-order valence-corrected chi connectivity index (χ0v) is 78.6. The molecule has 0 heterocycles. The molecule has 7 aliphatic rings. The minimum absolute atomic E-state index is 0.0289. The van der Waals surface area contributed by atoms with E-state index in [9.17, 15) is 28.8 Å². The van der Waals surface area contributed by atoms with Gasteiger partial charge in [-0.25, -0.2) is 0 Å². The van der Waals surface area contributed by atoms with Crippen LogP contribution in [0.5, 0.6) is 0 Å². The summed E-state index contributed by atoms with van der Waals surface area (Å²) in [6.45, 7) is 72.0. The van der Waals surface area contributed by atoms with Gasteiger partial charge in [-0.15, -0.1) is 6.58 Å². The summed E-state index contributed by atoms with van der Waals surface area (Å²) in [6, 6.07) is 0. The van der Waals surface area contributed by atoms with Gasteiger partial charge in [-0.2, -0.15) is 0 Å². The molecule has 0 N–H and O–H groups in total. The fourth-order valence-corrected chi connectivity index (χ4v) is 15.2. The van der Waals surface area contributed by atoms with Gasteiger partial charge in [0.2, 0.25) is 0 Å². The fraction of sp³-hybridized carbons (Fsp3) is 0.919. The molecule has 7 saturated carbocycles. The molecule has 0 aromatic carbocycles. The number of hydrogen-bond donors (Lipinski definition) is 0. The fourth-order valence-electron chi connectivity index (χ4n) is 15.2. The molecule has 7 fully saturated rings. The van der Waals surface area contributed by atoms with Crippen molar-refractivity contribution in [3.05, 3.63) is 12.2 Å². The first-order valence-corrected chi connectivity index (χ1v) is 45.2. The van der Waals surface area contributed by atoms with Crippen LogP contribution in [0.3, 0.4) is 0 Å². The van der Waals surface area contributed by atoms with Gasteiger partial charge in [-0.1, -0.05) is 271 Å². The molecule has 12 nitrogen and oxygen atoms in total. The topological polar surface area (TPSA) is 158 Å². The van der Waals surface area contributed by atoms with Gasteiger partial charge in [-0.3, -0.25) is 28.8 Å². The lowest BCUT2D eigenvalue weighted by Gasteiger charge is -2.31. The Hall–Kier alpha value is -2.48. The Morgan fingerprint density at radius 2 is 0.523 bits per heavy atom. The minimum atomic E-state index is -0.280. The summed E-state index contributed by atoms with van der Waals surface area (Å²) >= 11 is 0. The van der Waals surface area contributed by atoms with E-state index in [-0.39, 0.29) is 120 Å². The monoisotopic (exact) mass is 1560 g/mol. The summed E-state index contributed by atoms with van der Waals surface area (Å²) in [7, 11) is 0. The summed E-state index contributed by atoms with van der Waals surface area (Å²) in [4.78, 5) is 74.2. The quantitative estimate of drug-likeness (QED) is 0.0543. The third kappa shape index (κ3) is 55.8. The number of rotatable bonds is 37. The molecule has 0 aromatic rings. The van der Waals surface area contributed by atoms with Crippen molar-refractivity contribution in [3.8, 4) is 0 Å². The second-order valence-corrected chi connectivity index (χ2v) is 47.4. The van der Waals surface area contributed by atoms with Crippen LogP contribution in [0, 0.1) is 96.1 Å². The van der Waals surface area contributed by atoms with E-state index in [2.05, 4.69) is 207 Å². The zero-order chi connectivity index (χ0) is 84.7. The Morgan fingerprint density at radius 1 is 0.288 bits per heavy atom. The number of Topliss-reactive ketones (excluding diaryl/α,β-unsaturated/α-hetero) is 6. The first-order valence-electron chi connectivity index (χ1n) is 45.2. The normalized spacial score (nSPS) is 19.7. The van der Waals surface area contributed by atoms with Crippen LogP contribution >= 0.6 is 0 Å². The smallest absolute Gasteiger partial charge is 0.162 e. The number of carbonyl (C=O) groups is 6. The second-order valence-electron chi connectivity index (χ2n) is 47.4. The SMILES string of the molecule is C=C(C)CC(OCC1CCCC1)C(=O)CC(C)(C)C.CC(C)(C)CC(=O)C(CC(C)(C)C)OCC1CC1.CC(C)(C)CC(=O)C(CC(C)(C)C)OCC1CCCC1.CC(C)(C)CC(=O)C(CC1CCCC1)OCC1CCCC1.CC(C)(C)CC(=O)C(OCC1CC1)C(C)(C)C.CC(C)C(OCC1CC1)C(=O)CC(C)(C)C. The average Bonchev–Trinajstić information content (AvgIpc) is 1.61. The summed E-state index contributed by atoms with van der Waals surface area (Å²) in [6.07, 6.45) is 34.2. The van der Waals surface area contributed by atoms with Crippen molar-refractivity contribution in [2.24, 2.45) is 96.1 Å². The van der Waals surface area contributed by atoms with Crippen molar-refractivity contribution in [1.29, 1.82) is 0 Å². The standard InChI is InChI=1S/C19H34O2.C18H34O2.C17H30O2.C16H30O2.C15H28O2.C14H26O2/c1-19(2,3)13-17(20)18(12-15-8-4-5-9-15)21-14-16-10-6-7-11-16;1-17(2,3)11-15(19)16(12-18(4,5)6)20-13-14-9-7-8-10-14;1-13(2)10-16(15(18)11-17(3,4)5)19-12-14-8-6-7-9-14;1-15(2,3)9-13(17)14(10-16(4,5)6)18-11-12-7-8-12;1-14(2,3)9-12(16)13(15(4,5)6)17-10-11-7-8-11;1-10(2)13(16-9-11-6-7-11)12(15)8-14(3,4)5/h15-16,18H,4-14H2,1-3H3;14,16H,7-13H2,1-6H3;14,16H,1,6-12H2,2-5H3;12,14H,7-11H2,1-6H3;11,13H,7-10H2,1-6H3;10-11,13H,6-9H2,1-5H3. The van der Waals surface area contributed by atoms with Crippen LogP contribution in [0.4, 0.5) is 0 Å². The van der Waals surface area contributed by atoms with Gasteiger partial charge in [0, 0.05) is 44.9 Å². The lowest BCUT2D eigenvalue weighted by atomic mass is 9.80. The van der Waals surface area contributed by atoms with E-state index >= 15 is 0 Å². The molecule has 0 aliphatic heterocycles. The van der Waals surface area contributed by atoms with Crippen molar-refractivity contribution in [3.63, 3.8) is 0 Å². The van der Waals surface area contributed by atoms with E-state index in [1.807, 2.05) is 6.92 Å². The van der Waals surface area contributed by atoms with Gasteiger partial charge in [0.05, 0.1) is 39.6 Å². The Kier molecular flexibility index (Phi) is 45.7. The highest BCUT2D eigenvalue weighted by Crippen LogP contribution is 2.39. The third-order valence-electron chi connectivity index (χ3n) is 21.5. The van der Waals surface area contributed by atoms with Crippen LogP contribution in [-0.2, 0) is 57.2 Å². The molecule has 6 atom stereocenters. The molecule has 0 radical (unpaired) electrons. The van der Waals surface area contributed by atoms with Gasteiger partial charge in [0.1, 0.15) is 36.6 Å². The van der Waals surface area contributed by atoms with E-state index in [0.717, 1.165) is 82.2 Å². The predicted octanol–water partition coefficient (Wildman–Crippen LogP) is 26.2. The summed E-state index contributed by atoms with van der Waals surface area (Å²) in [5.41, 5.74) is 1.51. The van der Waals surface area contributed by atoms with E-state index in [1.165, 1.54) is 141 Å². The Balaban J connectivity index is 0.000000453. The van der Waals surface area contributed by atoms with E-state index in [4.69, 9.17) is 28.4 Å². The number of ether oxygens (including phenoxy) is 6. The van der Waals surface area contributed by atoms with Crippen molar-refractivity contribution >= 4 is 34.7 Å². The molecule has 0 bridgehead atoms. The van der Waals surface area contributed by atoms with Crippen LogP contribution < -0.4 is 0 Å². The zero-order valence-electron chi connectivity index (χ0n) is 78.6. The van der Waals surface area contributed by atoms with Gasteiger partial charge < -0.3 is 28.4 Å². The maximum atomic E-state index is 12.6. The van der Waals surface area contributed by atoms with E-state index in [0.29, 0.717) is 74.4 Å². The van der Waals surface area contributed by atoms with E-state index in [1.54, 1.807) is 0 Å². The molecule has 0 amide bonds. The molecule has 0 saturated heterocycles. The highest BCUT2D eigenvalue weighted by Gasteiger charge is 2.38. The summed E-state index contributed by atoms with van der Waals surface area (Å²) in [5.74, 6) is 6.86. The van der Waals surface area contributed by atoms with Crippen LogP contribution in [-0.4, -0.2) is 111 Å². The van der Waals surface area contributed by atoms with Crippen molar-refractivity contribution in [2.45, 2.75) is 450 Å². The maximum absolute atomic E-state index is 12.6. The van der Waals surface area contributed by atoms with Gasteiger partial charge in [0.15, 0.2) is 34.7 Å². The van der Waals surface area contributed by atoms with Crippen LogP contribution in [0.15, 0.2) is 12.2 Å². The molecule has 0 aromatic heterocycles.